The third kappa shape index (κ3) is 2.82. The Morgan fingerprint density at radius 1 is 1.32 bits per heavy atom. The minimum Gasteiger partial charge on any atom is -0.480 e. The molecule has 1 aliphatic heterocycles. The zero-order valence-electron chi connectivity index (χ0n) is 12.4. The summed E-state index contributed by atoms with van der Waals surface area (Å²) in [6.07, 6.45) is 0. The van der Waals surface area contributed by atoms with Crippen LogP contribution in [0.5, 0.6) is 0 Å². The van der Waals surface area contributed by atoms with E-state index in [1.807, 2.05) is 36.1 Å². The second-order valence-corrected chi connectivity index (χ2v) is 5.57. The van der Waals surface area contributed by atoms with Crippen LogP contribution < -0.4 is 0 Å². The lowest BCUT2D eigenvalue weighted by Gasteiger charge is -2.32. The molecule has 1 N–H and O–H groups in total. The van der Waals surface area contributed by atoms with E-state index in [1.165, 1.54) is 4.90 Å². The summed E-state index contributed by atoms with van der Waals surface area (Å²) < 4.78 is 5.87. The number of benzene rings is 1. The molecule has 116 valence electrons. The molecule has 0 spiro atoms. The summed E-state index contributed by atoms with van der Waals surface area (Å²) in [6.45, 7) is 3.66. The topological polar surface area (TPSA) is 74.0 Å². The Morgan fingerprint density at radius 2 is 2.09 bits per heavy atom. The number of rotatable bonds is 4. The van der Waals surface area contributed by atoms with Crippen molar-refractivity contribution in [3.05, 3.63) is 35.6 Å². The summed E-state index contributed by atoms with van der Waals surface area (Å²) in [4.78, 5) is 26.1. The maximum Gasteiger partial charge on any atom is 0.323 e. The van der Waals surface area contributed by atoms with Gasteiger partial charge in [-0.15, -0.1) is 0 Å². The fourth-order valence-corrected chi connectivity index (χ4v) is 2.80. The van der Waals surface area contributed by atoms with E-state index in [1.54, 1.807) is 0 Å². The van der Waals surface area contributed by atoms with Gasteiger partial charge in [0.25, 0.3) is 0 Å². The number of hydrogen-bond donors (Lipinski definition) is 1. The summed E-state index contributed by atoms with van der Waals surface area (Å²) in [5.41, 5.74) is 1.95. The highest BCUT2D eigenvalue weighted by Crippen LogP contribution is 2.26. The van der Waals surface area contributed by atoms with Gasteiger partial charge in [0, 0.05) is 18.5 Å². The second kappa shape index (κ2) is 5.81. The molecule has 1 aliphatic rings. The zero-order chi connectivity index (χ0) is 15.7. The lowest BCUT2D eigenvalue weighted by Crippen LogP contribution is -2.51. The number of hydrogen-bond acceptors (Lipinski definition) is 4. The number of aliphatic carboxylic acids is 1. The number of carbonyl (C=O) groups is 2. The Kier molecular flexibility index (Phi) is 3.85. The molecular formula is C16H18N2O4. The summed E-state index contributed by atoms with van der Waals surface area (Å²) in [7, 11) is 0. The lowest BCUT2D eigenvalue weighted by molar-refractivity contribution is -0.147. The minimum atomic E-state index is -0.977. The Balaban J connectivity index is 1.70. The number of piperazine rings is 1. The Hall–Kier alpha value is -2.34. The van der Waals surface area contributed by atoms with Crippen molar-refractivity contribution in [2.75, 3.05) is 26.2 Å². The molecule has 3 rings (SSSR count). The molecule has 1 fully saturated rings. The largest absolute Gasteiger partial charge is 0.480 e. The Labute approximate surface area is 127 Å². The average Bonchev–Trinajstić information content (AvgIpc) is 2.79. The molecule has 0 bridgehead atoms. The van der Waals surface area contributed by atoms with E-state index >= 15 is 0 Å². The lowest BCUT2D eigenvalue weighted by atomic mass is 10.1. The number of amides is 1. The first-order valence-electron chi connectivity index (χ1n) is 7.23. The van der Waals surface area contributed by atoms with Gasteiger partial charge < -0.3 is 14.4 Å². The first kappa shape index (κ1) is 14.6. The van der Waals surface area contributed by atoms with Crippen molar-refractivity contribution in [2.45, 2.75) is 13.5 Å². The van der Waals surface area contributed by atoms with Gasteiger partial charge in [0.1, 0.15) is 17.9 Å². The third-order valence-electron chi connectivity index (χ3n) is 4.03. The van der Waals surface area contributed by atoms with Crippen molar-refractivity contribution in [2.24, 2.45) is 0 Å². The maximum absolute atomic E-state index is 12.0. The maximum atomic E-state index is 12.0. The van der Waals surface area contributed by atoms with Gasteiger partial charge in [0.2, 0.25) is 5.91 Å². The van der Waals surface area contributed by atoms with Gasteiger partial charge in [-0.05, 0) is 18.6 Å². The molecule has 0 radical (unpaired) electrons. The Bertz CT molecular complexity index is 722. The summed E-state index contributed by atoms with van der Waals surface area (Å²) in [5, 5.41) is 9.87. The number of carboxylic acid groups (broad SMARTS) is 1. The molecule has 6 nitrogen and oxygen atoms in total. The number of fused-ring (bicyclic) bond motifs is 1. The molecule has 1 amide bonds. The second-order valence-electron chi connectivity index (χ2n) is 5.57. The molecule has 1 aromatic heterocycles. The van der Waals surface area contributed by atoms with E-state index in [-0.39, 0.29) is 19.0 Å². The van der Waals surface area contributed by atoms with Crippen molar-refractivity contribution >= 4 is 22.8 Å². The SMILES string of the molecule is Cc1c(CN2CCN(CC(=O)O)C(=O)C2)oc2ccccc12. The highest BCUT2D eigenvalue weighted by atomic mass is 16.4. The fourth-order valence-electron chi connectivity index (χ4n) is 2.80. The van der Waals surface area contributed by atoms with Crippen molar-refractivity contribution in [1.82, 2.24) is 9.80 Å². The van der Waals surface area contributed by atoms with E-state index in [0.717, 1.165) is 22.3 Å². The van der Waals surface area contributed by atoms with Crippen LogP contribution in [0, 0.1) is 6.92 Å². The molecule has 0 aliphatic carbocycles. The molecule has 2 heterocycles. The Morgan fingerprint density at radius 3 is 2.77 bits per heavy atom. The normalized spacial score (nSPS) is 16.4. The predicted octanol–water partition coefficient (Wildman–Crippen LogP) is 1.47. The molecule has 0 unspecified atom stereocenters. The van der Waals surface area contributed by atoms with Crippen LogP contribution in [0.1, 0.15) is 11.3 Å². The molecule has 6 heteroatoms. The summed E-state index contributed by atoms with van der Waals surface area (Å²) >= 11 is 0. The molecule has 0 atom stereocenters. The van der Waals surface area contributed by atoms with E-state index in [0.29, 0.717) is 19.6 Å². The number of furan rings is 1. The van der Waals surface area contributed by atoms with Crippen LogP contribution in [0.25, 0.3) is 11.0 Å². The van der Waals surface area contributed by atoms with Crippen molar-refractivity contribution in [3.8, 4) is 0 Å². The minimum absolute atomic E-state index is 0.151. The number of carbonyl (C=O) groups excluding carboxylic acids is 1. The van der Waals surface area contributed by atoms with Gasteiger partial charge in [-0.1, -0.05) is 18.2 Å². The summed E-state index contributed by atoms with van der Waals surface area (Å²) in [5.74, 6) is -0.266. The zero-order valence-corrected chi connectivity index (χ0v) is 12.4. The fraction of sp³-hybridized carbons (Fsp3) is 0.375. The highest BCUT2D eigenvalue weighted by molar-refractivity contribution is 5.83. The molecule has 1 aromatic carbocycles. The third-order valence-corrected chi connectivity index (χ3v) is 4.03. The van der Waals surface area contributed by atoms with Crippen LogP contribution in [0.4, 0.5) is 0 Å². The van der Waals surface area contributed by atoms with Crippen molar-refractivity contribution in [1.29, 1.82) is 0 Å². The molecule has 1 saturated heterocycles. The van der Waals surface area contributed by atoms with Gasteiger partial charge in [-0.3, -0.25) is 14.5 Å². The highest BCUT2D eigenvalue weighted by Gasteiger charge is 2.26. The smallest absolute Gasteiger partial charge is 0.323 e. The quantitative estimate of drug-likeness (QED) is 0.926. The molecule has 2 aromatic rings. The van der Waals surface area contributed by atoms with Crippen LogP contribution in [0.3, 0.4) is 0 Å². The van der Waals surface area contributed by atoms with Crippen LogP contribution in [0.15, 0.2) is 28.7 Å². The van der Waals surface area contributed by atoms with Gasteiger partial charge in [-0.2, -0.15) is 0 Å². The van der Waals surface area contributed by atoms with Gasteiger partial charge >= 0.3 is 5.97 Å². The van der Waals surface area contributed by atoms with Crippen LogP contribution in [-0.2, 0) is 16.1 Å². The predicted molar refractivity (Wildman–Crippen MR) is 80.4 cm³/mol. The first-order chi connectivity index (χ1) is 10.5. The number of para-hydroxylation sites is 1. The standard InChI is InChI=1S/C16H18N2O4/c1-11-12-4-2-3-5-13(12)22-14(11)8-17-6-7-18(10-16(20)21)15(19)9-17/h2-5H,6-10H2,1H3,(H,20,21). The van der Waals surface area contributed by atoms with Crippen LogP contribution in [-0.4, -0.2) is 53.0 Å². The summed E-state index contributed by atoms with van der Waals surface area (Å²) in [6, 6.07) is 7.86. The molecule has 22 heavy (non-hydrogen) atoms. The van der Waals surface area contributed by atoms with E-state index in [2.05, 4.69) is 0 Å². The monoisotopic (exact) mass is 302 g/mol. The van der Waals surface area contributed by atoms with Gasteiger partial charge in [0.15, 0.2) is 0 Å². The number of nitrogens with zero attached hydrogens (tertiary/aromatic N) is 2. The number of aryl methyl sites for hydroxylation is 1. The first-order valence-corrected chi connectivity index (χ1v) is 7.23. The average molecular weight is 302 g/mol. The van der Waals surface area contributed by atoms with Crippen molar-refractivity contribution < 1.29 is 19.1 Å². The molecular weight excluding hydrogens is 284 g/mol. The van der Waals surface area contributed by atoms with Crippen LogP contribution >= 0.6 is 0 Å². The number of carboxylic acids is 1. The van der Waals surface area contributed by atoms with Crippen LogP contribution in [0.2, 0.25) is 0 Å². The van der Waals surface area contributed by atoms with E-state index in [9.17, 15) is 9.59 Å². The molecule has 0 saturated carbocycles. The van der Waals surface area contributed by atoms with E-state index < -0.39 is 5.97 Å². The van der Waals surface area contributed by atoms with Gasteiger partial charge in [0.05, 0.1) is 13.1 Å². The van der Waals surface area contributed by atoms with Gasteiger partial charge in [-0.25, -0.2) is 0 Å². The van der Waals surface area contributed by atoms with Crippen molar-refractivity contribution in [3.63, 3.8) is 0 Å². The van der Waals surface area contributed by atoms with E-state index in [4.69, 9.17) is 9.52 Å².